The Kier molecular flexibility index (Phi) is 3.12. The van der Waals surface area contributed by atoms with Gasteiger partial charge in [-0.15, -0.1) is 0 Å². The van der Waals surface area contributed by atoms with E-state index in [2.05, 4.69) is 41.2 Å². The molecule has 1 N–H and O–H groups in total. The van der Waals surface area contributed by atoms with Gasteiger partial charge >= 0.3 is 0 Å². The zero-order valence-electron chi connectivity index (χ0n) is 11.4. The molecule has 0 amide bonds. The molecule has 0 radical (unpaired) electrons. The number of likely N-dealkylation sites (tertiary alicyclic amines) is 1. The third-order valence-electron chi connectivity index (χ3n) is 3.98. The van der Waals surface area contributed by atoms with Gasteiger partial charge in [-0.1, -0.05) is 0 Å². The van der Waals surface area contributed by atoms with Gasteiger partial charge in [0.05, 0.1) is 11.2 Å². The van der Waals surface area contributed by atoms with Crippen LogP contribution in [0.15, 0.2) is 18.3 Å². The largest absolute Gasteiger partial charge is 0.304 e. The summed E-state index contributed by atoms with van der Waals surface area (Å²) in [6.07, 6.45) is 5.79. The Morgan fingerprint density at radius 3 is 2.72 bits per heavy atom. The zero-order chi connectivity index (χ0) is 12.6. The molecule has 0 atom stereocenters. The average molecular weight is 245 g/mol. The molecule has 0 unspecified atom stereocenters. The second kappa shape index (κ2) is 4.63. The van der Waals surface area contributed by atoms with Crippen LogP contribution in [0.1, 0.15) is 44.4 Å². The van der Waals surface area contributed by atoms with E-state index >= 15 is 0 Å². The molecule has 18 heavy (non-hydrogen) atoms. The van der Waals surface area contributed by atoms with Gasteiger partial charge in [0.2, 0.25) is 0 Å². The molecule has 1 aromatic rings. The Bertz CT molecular complexity index is 420. The minimum atomic E-state index is 0.180. The molecule has 0 bridgehead atoms. The molecule has 3 heteroatoms. The van der Waals surface area contributed by atoms with E-state index in [1.54, 1.807) is 0 Å². The highest BCUT2D eigenvalue weighted by molar-refractivity contribution is 5.27. The summed E-state index contributed by atoms with van der Waals surface area (Å²) in [4.78, 5) is 7.09. The van der Waals surface area contributed by atoms with Crippen molar-refractivity contribution in [3.8, 4) is 0 Å². The molecule has 0 spiro atoms. The van der Waals surface area contributed by atoms with Crippen molar-refractivity contribution in [3.05, 3.63) is 29.6 Å². The molecule has 1 aromatic heterocycles. The predicted octanol–water partition coefficient (Wildman–Crippen LogP) is 2.27. The van der Waals surface area contributed by atoms with Gasteiger partial charge in [0.15, 0.2) is 0 Å². The van der Waals surface area contributed by atoms with Crippen LogP contribution in [0.3, 0.4) is 0 Å². The van der Waals surface area contributed by atoms with Crippen molar-refractivity contribution < 1.29 is 0 Å². The van der Waals surface area contributed by atoms with Crippen LogP contribution < -0.4 is 5.32 Å². The summed E-state index contributed by atoms with van der Waals surface area (Å²) in [7, 11) is 0. The molecular weight excluding hydrogens is 222 g/mol. The summed E-state index contributed by atoms with van der Waals surface area (Å²) < 4.78 is 0. The smallest absolute Gasteiger partial charge is 0.0612 e. The van der Waals surface area contributed by atoms with E-state index in [1.165, 1.54) is 43.6 Å². The predicted molar refractivity (Wildman–Crippen MR) is 73.3 cm³/mol. The molecule has 1 aliphatic carbocycles. The monoisotopic (exact) mass is 245 g/mol. The second-order valence-corrected chi connectivity index (χ2v) is 6.06. The Morgan fingerprint density at radius 2 is 2.17 bits per heavy atom. The van der Waals surface area contributed by atoms with Gasteiger partial charge < -0.3 is 5.32 Å². The first-order valence-corrected chi connectivity index (χ1v) is 7.13. The third-order valence-corrected chi connectivity index (χ3v) is 3.98. The van der Waals surface area contributed by atoms with Crippen LogP contribution in [0.2, 0.25) is 0 Å². The lowest BCUT2D eigenvalue weighted by atomic mass is 10.1. The fourth-order valence-electron chi connectivity index (χ4n) is 2.78. The van der Waals surface area contributed by atoms with Crippen LogP contribution >= 0.6 is 0 Å². The molecule has 98 valence electrons. The Balaban J connectivity index is 1.73. The maximum Gasteiger partial charge on any atom is 0.0612 e. The summed E-state index contributed by atoms with van der Waals surface area (Å²) in [5.74, 6) is 0. The van der Waals surface area contributed by atoms with Gasteiger partial charge in [-0.25, -0.2) is 0 Å². The lowest BCUT2D eigenvalue weighted by molar-refractivity contribution is 0.172. The van der Waals surface area contributed by atoms with E-state index in [4.69, 9.17) is 0 Å². The van der Waals surface area contributed by atoms with E-state index in [1.807, 2.05) is 6.20 Å². The maximum atomic E-state index is 4.60. The highest BCUT2D eigenvalue weighted by Crippen LogP contribution is 2.45. The molecule has 2 fully saturated rings. The molecule has 2 aliphatic rings. The van der Waals surface area contributed by atoms with Crippen LogP contribution in [-0.4, -0.2) is 29.0 Å². The Morgan fingerprint density at radius 1 is 1.39 bits per heavy atom. The first-order chi connectivity index (χ1) is 8.68. The maximum absolute atomic E-state index is 4.60. The van der Waals surface area contributed by atoms with Crippen LogP contribution in [-0.2, 0) is 12.1 Å². The number of nitrogens with zero attached hydrogens (tertiary/aromatic N) is 2. The average Bonchev–Trinajstić information content (AvgIpc) is 3.04. The zero-order valence-corrected chi connectivity index (χ0v) is 11.4. The SMILES string of the molecule is CC(C)NC1(c2cc(CN3CCC3)ccn2)CC1. The number of nitrogens with one attached hydrogen (secondary N) is 1. The van der Waals surface area contributed by atoms with Crippen molar-refractivity contribution in [3.63, 3.8) is 0 Å². The van der Waals surface area contributed by atoms with Gasteiger partial charge in [-0.2, -0.15) is 0 Å². The quantitative estimate of drug-likeness (QED) is 0.862. The molecule has 1 saturated heterocycles. The summed E-state index contributed by atoms with van der Waals surface area (Å²) >= 11 is 0. The number of pyridine rings is 1. The summed E-state index contributed by atoms with van der Waals surface area (Å²) in [5, 5.41) is 3.68. The molecule has 3 rings (SSSR count). The van der Waals surface area contributed by atoms with Gasteiger partial charge in [0, 0.05) is 18.8 Å². The van der Waals surface area contributed by atoms with Crippen LogP contribution in [0, 0.1) is 0 Å². The molecule has 1 aliphatic heterocycles. The molecule has 2 heterocycles. The van der Waals surface area contributed by atoms with E-state index in [0.29, 0.717) is 6.04 Å². The fourth-order valence-corrected chi connectivity index (χ4v) is 2.78. The van der Waals surface area contributed by atoms with E-state index in [-0.39, 0.29) is 5.54 Å². The molecular formula is C15H23N3. The lowest BCUT2D eigenvalue weighted by Gasteiger charge is -2.31. The van der Waals surface area contributed by atoms with E-state index in [0.717, 1.165) is 6.54 Å². The van der Waals surface area contributed by atoms with Crippen molar-refractivity contribution in [1.82, 2.24) is 15.2 Å². The minimum absolute atomic E-state index is 0.180. The molecule has 3 nitrogen and oxygen atoms in total. The van der Waals surface area contributed by atoms with Crippen LogP contribution in [0.5, 0.6) is 0 Å². The number of hydrogen-bond acceptors (Lipinski definition) is 3. The molecule has 0 aromatic carbocycles. The normalized spacial score (nSPS) is 21.9. The third kappa shape index (κ3) is 2.43. The van der Waals surface area contributed by atoms with Crippen molar-refractivity contribution in [1.29, 1.82) is 0 Å². The second-order valence-electron chi connectivity index (χ2n) is 6.06. The van der Waals surface area contributed by atoms with Gasteiger partial charge in [0.25, 0.3) is 0 Å². The number of rotatable bonds is 5. The first kappa shape index (κ1) is 12.1. The standard InChI is InChI=1S/C15H23N3/c1-12(2)17-15(5-6-15)14-10-13(4-7-16-14)11-18-8-3-9-18/h4,7,10,12,17H,3,5-6,8-9,11H2,1-2H3. The highest BCUT2D eigenvalue weighted by atomic mass is 15.2. The number of aromatic nitrogens is 1. The number of hydrogen-bond donors (Lipinski definition) is 1. The van der Waals surface area contributed by atoms with Crippen molar-refractivity contribution in [2.24, 2.45) is 0 Å². The van der Waals surface area contributed by atoms with E-state index in [9.17, 15) is 0 Å². The van der Waals surface area contributed by atoms with Crippen molar-refractivity contribution in [2.45, 2.75) is 51.2 Å². The van der Waals surface area contributed by atoms with Gasteiger partial charge in [-0.05, 0) is 63.9 Å². The van der Waals surface area contributed by atoms with Gasteiger partial charge in [-0.3, -0.25) is 9.88 Å². The highest BCUT2D eigenvalue weighted by Gasteiger charge is 2.45. The lowest BCUT2D eigenvalue weighted by Crippen LogP contribution is -2.37. The first-order valence-electron chi connectivity index (χ1n) is 7.13. The minimum Gasteiger partial charge on any atom is -0.304 e. The molecule has 1 saturated carbocycles. The van der Waals surface area contributed by atoms with Crippen LogP contribution in [0.25, 0.3) is 0 Å². The summed E-state index contributed by atoms with van der Waals surface area (Å²) in [6.45, 7) is 8.03. The Labute approximate surface area is 110 Å². The Hall–Kier alpha value is -0.930. The topological polar surface area (TPSA) is 28.2 Å². The summed E-state index contributed by atoms with van der Waals surface area (Å²) in [5.41, 5.74) is 2.84. The van der Waals surface area contributed by atoms with E-state index < -0.39 is 0 Å². The van der Waals surface area contributed by atoms with Gasteiger partial charge in [0.1, 0.15) is 0 Å². The van der Waals surface area contributed by atoms with Crippen LogP contribution in [0.4, 0.5) is 0 Å². The fraction of sp³-hybridized carbons (Fsp3) is 0.667. The van der Waals surface area contributed by atoms with Crippen molar-refractivity contribution in [2.75, 3.05) is 13.1 Å². The van der Waals surface area contributed by atoms with Crippen molar-refractivity contribution >= 4 is 0 Å². The summed E-state index contributed by atoms with van der Waals surface area (Å²) in [6, 6.07) is 4.99.